The Balaban J connectivity index is 1.97. The van der Waals surface area contributed by atoms with Crippen LogP contribution in [0.4, 0.5) is 7.77 Å². The zero-order valence-electron chi connectivity index (χ0n) is 8.45. The smallest absolute Gasteiger partial charge is 0.241 e. The highest BCUT2D eigenvalue weighted by atomic mass is 32.3. The standard InChI is InChI=1S/C7H10F2O6S2/c8-16(10,11)14-6-2-4-1-5(6)3-7(4)15-17(9,12)13/h4-7H,1-3H2/t4-,5-,6-,7+/m0/s1. The van der Waals surface area contributed by atoms with Crippen molar-refractivity contribution in [2.75, 3.05) is 0 Å². The molecule has 2 rings (SSSR count). The second kappa shape index (κ2) is 4.11. The summed E-state index contributed by atoms with van der Waals surface area (Å²) in [6.45, 7) is 0. The van der Waals surface area contributed by atoms with Crippen LogP contribution in [0.5, 0.6) is 0 Å². The topological polar surface area (TPSA) is 86.7 Å². The van der Waals surface area contributed by atoms with Crippen LogP contribution in [0.25, 0.3) is 0 Å². The van der Waals surface area contributed by atoms with Gasteiger partial charge in [0.1, 0.15) is 0 Å². The molecule has 0 radical (unpaired) electrons. The van der Waals surface area contributed by atoms with Crippen molar-refractivity contribution in [3.63, 3.8) is 0 Å². The third-order valence-corrected chi connectivity index (χ3v) is 4.16. The Bertz CT molecular complexity index is 454. The molecule has 0 unspecified atom stereocenters. The molecule has 100 valence electrons. The lowest BCUT2D eigenvalue weighted by molar-refractivity contribution is 0.0704. The van der Waals surface area contributed by atoms with Crippen LogP contribution in [0.2, 0.25) is 0 Å². The summed E-state index contributed by atoms with van der Waals surface area (Å²) < 4.78 is 74.2. The van der Waals surface area contributed by atoms with Gasteiger partial charge in [0.25, 0.3) is 0 Å². The molecule has 0 saturated heterocycles. The fourth-order valence-corrected chi connectivity index (χ4v) is 3.76. The Morgan fingerprint density at radius 2 is 1.12 bits per heavy atom. The molecule has 0 N–H and O–H groups in total. The number of fused-ring (bicyclic) bond motifs is 2. The monoisotopic (exact) mass is 292 g/mol. The summed E-state index contributed by atoms with van der Waals surface area (Å²) in [5.74, 6) is -0.644. The predicted octanol–water partition coefficient (Wildman–Crippen LogP) is 0.615. The molecule has 0 amide bonds. The molecule has 17 heavy (non-hydrogen) atoms. The average Bonchev–Trinajstić information content (AvgIpc) is 2.56. The summed E-state index contributed by atoms with van der Waals surface area (Å²) in [6, 6.07) is 0. The highest BCUT2D eigenvalue weighted by molar-refractivity contribution is 7.81. The van der Waals surface area contributed by atoms with Gasteiger partial charge in [0.2, 0.25) is 0 Å². The molecule has 0 heterocycles. The van der Waals surface area contributed by atoms with Crippen molar-refractivity contribution in [1.29, 1.82) is 0 Å². The van der Waals surface area contributed by atoms with Gasteiger partial charge in [-0.1, -0.05) is 7.77 Å². The number of hydrogen-bond acceptors (Lipinski definition) is 6. The fraction of sp³-hybridized carbons (Fsp3) is 1.00. The zero-order chi connectivity index (χ0) is 12.8. The minimum atomic E-state index is -5.02. The highest BCUT2D eigenvalue weighted by Gasteiger charge is 2.50. The molecule has 2 aliphatic carbocycles. The number of halogens is 2. The van der Waals surface area contributed by atoms with Crippen molar-refractivity contribution in [3.8, 4) is 0 Å². The molecule has 2 saturated carbocycles. The van der Waals surface area contributed by atoms with Gasteiger partial charge < -0.3 is 0 Å². The van der Waals surface area contributed by atoms with Gasteiger partial charge in [-0.3, -0.25) is 0 Å². The van der Waals surface area contributed by atoms with E-state index in [2.05, 4.69) is 8.37 Å². The summed E-state index contributed by atoms with van der Waals surface area (Å²) in [7, 11) is -10.0. The minimum absolute atomic E-state index is 0.147. The second-order valence-electron chi connectivity index (χ2n) is 4.28. The van der Waals surface area contributed by atoms with Crippen molar-refractivity contribution in [2.45, 2.75) is 31.5 Å². The summed E-state index contributed by atoms with van der Waals surface area (Å²) in [4.78, 5) is 0. The first-order chi connectivity index (χ1) is 7.64. The first-order valence-electron chi connectivity index (χ1n) is 4.90. The van der Waals surface area contributed by atoms with Crippen molar-refractivity contribution >= 4 is 21.0 Å². The van der Waals surface area contributed by atoms with E-state index in [1.165, 1.54) is 0 Å². The molecule has 2 fully saturated rings. The molecule has 0 spiro atoms. The third-order valence-electron chi connectivity index (χ3n) is 3.20. The van der Waals surface area contributed by atoms with E-state index >= 15 is 0 Å². The van der Waals surface area contributed by atoms with Gasteiger partial charge in [-0.15, -0.1) is 0 Å². The largest absolute Gasteiger partial charge is 0.437 e. The molecule has 4 atom stereocenters. The van der Waals surface area contributed by atoms with Crippen LogP contribution in [-0.2, 0) is 29.4 Å². The molecule has 2 bridgehead atoms. The van der Waals surface area contributed by atoms with Gasteiger partial charge in [-0.05, 0) is 31.1 Å². The Kier molecular flexibility index (Phi) is 3.17. The number of hydrogen-bond donors (Lipinski definition) is 0. The normalized spacial score (nSPS) is 37.5. The molecular weight excluding hydrogens is 282 g/mol. The number of rotatable bonds is 4. The summed E-state index contributed by atoms with van der Waals surface area (Å²) in [5, 5.41) is 0. The fourth-order valence-electron chi connectivity index (χ4n) is 2.70. The van der Waals surface area contributed by atoms with Crippen molar-refractivity contribution in [3.05, 3.63) is 0 Å². The molecule has 6 nitrogen and oxygen atoms in total. The predicted molar refractivity (Wildman–Crippen MR) is 50.6 cm³/mol. The average molecular weight is 292 g/mol. The van der Waals surface area contributed by atoms with E-state index in [1.807, 2.05) is 0 Å². The molecule has 0 aliphatic heterocycles. The zero-order valence-corrected chi connectivity index (χ0v) is 10.1. The lowest BCUT2D eigenvalue weighted by Crippen LogP contribution is -2.31. The maximum absolute atomic E-state index is 12.3. The van der Waals surface area contributed by atoms with Crippen LogP contribution in [0.3, 0.4) is 0 Å². The maximum atomic E-state index is 12.3. The van der Waals surface area contributed by atoms with Crippen LogP contribution < -0.4 is 0 Å². The van der Waals surface area contributed by atoms with E-state index in [1.54, 1.807) is 0 Å². The van der Waals surface area contributed by atoms with Crippen molar-refractivity contribution in [1.82, 2.24) is 0 Å². The maximum Gasteiger partial charge on any atom is 0.437 e. The van der Waals surface area contributed by atoms with Gasteiger partial charge >= 0.3 is 21.0 Å². The van der Waals surface area contributed by atoms with E-state index in [0.29, 0.717) is 6.42 Å². The minimum Gasteiger partial charge on any atom is -0.241 e. The first-order valence-corrected chi connectivity index (χ1v) is 7.51. The highest BCUT2D eigenvalue weighted by Crippen LogP contribution is 2.48. The summed E-state index contributed by atoms with van der Waals surface area (Å²) in [5.41, 5.74) is 0. The van der Waals surface area contributed by atoms with Crippen LogP contribution in [0, 0.1) is 11.8 Å². The summed E-state index contributed by atoms with van der Waals surface area (Å²) >= 11 is 0. The quantitative estimate of drug-likeness (QED) is 0.706. The van der Waals surface area contributed by atoms with E-state index < -0.39 is 33.2 Å². The SMILES string of the molecule is O=S(=O)(F)O[C@H]1C[C@@H]2C[C@H]1C[C@H]2OS(=O)(=O)F. The van der Waals surface area contributed by atoms with Gasteiger partial charge in [0.15, 0.2) is 0 Å². The third kappa shape index (κ3) is 3.33. The van der Waals surface area contributed by atoms with Gasteiger partial charge in [-0.2, -0.15) is 16.8 Å². The molecular formula is C7H10F2O6S2. The molecule has 0 aromatic rings. The van der Waals surface area contributed by atoms with E-state index in [-0.39, 0.29) is 24.7 Å². The Morgan fingerprint density at radius 1 is 0.765 bits per heavy atom. The van der Waals surface area contributed by atoms with Gasteiger partial charge in [-0.25, -0.2) is 8.37 Å². The Hall–Kier alpha value is -0.320. The van der Waals surface area contributed by atoms with Crippen molar-refractivity contribution < 1.29 is 33.0 Å². The van der Waals surface area contributed by atoms with Gasteiger partial charge in [0.05, 0.1) is 12.2 Å². The van der Waals surface area contributed by atoms with E-state index in [0.717, 1.165) is 0 Å². The molecule has 10 heteroatoms. The van der Waals surface area contributed by atoms with E-state index in [9.17, 15) is 24.6 Å². The van der Waals surface area contributed by atoms with Crippen molar-refractivity contribution in [2.24, 2.45) is 11.8 Å². The van der Waals surface area contributed by atoms with Gasteiger partial charge in [0, 0.05) is 0 Å². The summed E-state index contributed by atoms with van der Waals surface area (Å²) in [6.07, 6.45) is -0.878. The first kappa shape index (κ1) is 13.1. The molecule has 0 aromatic heterocycles. The Labute approximate surface area is 97.7 Å². The van der Waals surface area contributed by atoms with E-state index in [4.69, 9.17) is 0 Å². The molecule has 2 aliphatic rings. The van der Waals surface area contributed by atoms with Crippen LogP contribution in [-0.4, -0.2) is 29.0 Å². The Morgan fingerprint density at radius 3 is 1.35 bits per heavy atom. The molecule has 0 aromatic carbocycles. The second-order valence-corrected chi connectivity index (χ2v) is 6.24. The van der Waals surface area contributed by atoms with Crippen LogP contribution >= 0.6 is 0 Å². The lowest BCUT2D eigenvalue weighted by atomic mass is 9.95. The van der Waals surface area contributed by atoms with Crippen LogP contribution in [0.15, 0.2) is 0 Å². The lowest BCUT2D eigenvalue weighted by Gasteiger charge is -2.24. The van der Waals surface area contributed by atoms with Crippen LogP contribution in [0.1, 0.15) is 19.3 Å².